The van der Waals surface area contributed by atoms with Crippen molar-refractivity contribution in [1.82, 2.24) is 19.2 Å². The van der Waals surface area contributed by atoms with Crippen LogP contribution in [-0.4, -0.2) is 63.4 Å². The summed E-state index contributed by atoms with van der Waals surface area (Å²) < 4.78 is 29.0. The van der Waals surface area contributed by atoms with Crippen molar-refractivity contribution in [3.63, 3.8) is 0 Å². The molecule has 0 atom stereocenters. The van der Waals surface area contributed by atoms with E-state index in [-0.39, 0.29) is 0 Å². The van der Waals surface area contributed by atoms with Crippen molar-refractivity contribution in [1.29, 1.82) is 0 Å². The lowest BCUT2D eigenvalue weighted by atomic mass is 10.2. The lowest BCUT2D eigenvalue weighted by molar-refractivity contribution is 0.239. The van der Waals surface area contributed by atoms with Gasteiger partial charge in [0.2, 0.25) is 0 Å². The van der Waals surface area contributed by atoms with E-state index in [0.29, 0.717) is 19.6 Å². The van der Waals surface area contributed by atoms with Crippen molar-refractivity contribution >= 4 is 10.2 Å². The molecule has 0 amide bonds. The Morgan fingerprint density at radius 1 is 1.22 bits per heavy atom. The van der Waals surface area contributed by atoms with Crippen molar-refractivity contribution < 1.29 is 8.42 Å². The Labute approximate surface area is 140 Å². The van der Waals surface area contributed by atoms with Crippen LogP contribution in [0.4, 0.5) is 0 Å². The molecule has 2 rings (SSSR count). The molecular formula is C16H28N4O2S. The number of nitrogens with zero attached hydrogens (tertiary/aromatic N) is 2. The van der Waals surface area contributed by atoms with Crippen molar-refractivity contribution in [3.8, 4) is 0 Å². The van der Waals surface area contributed by atoms with Crippen molar-refractivity contribution in [3.05, 3.63) is 35.9 Å². The van der Waals surface area contributed by atoms with E-state index < -0.39 is 10.2 Å². The van der Waals surface area contributed by atoms with Crippen LogP contribution in [0.25, 0.3) is 0 Å². The average molecular weight is 340 g/mol. The predicted molar refractivity (Wildman–Crippen MR) is 93.4 cm³/mol. The van der Waals surface area contributed by atoms with Crippen LogP contribution in [0.1, 0.15) is 18.9 Å². The second-order valence-electron chi connectivity index (χ2n) is 5.76. The summed E-state index contributed by atoms with van der Waals surface area (Å²) in [4.78, 5) is 2.37. The highest BCUT2D eigenvalue weighted by atomic mass is 32.2. The van der Waals surface area contributed by atoms with Crippen LogP contribution in [-0.2, 0) is 16.8 Å². The van der Waals surface area contributed by atoms with Crippen LogP contribution in [0.2, 0.25) is 0 Å². The highest BCUT2D eigenvalue weighted by Crippen LogP contribution is 2.07. The lowest BCUT2D eigenvalue weighted by Crippen LogP contribution is -2.45. The van der Waals surface area contributed by atoms with E-state index in [2.05, 4.69) is 14.9 Å². The molecule has 1 aliphatic heterocycles. The SMILES string of the molecule is CCN(Cc1ccccc1)S(=O)(=O)NCCCN1CCNCC1. The van der Waals surface area contributed by atoms with Gasteiger partial charge in [-0.2, -0.15) is 12.7 Å². The first kappa shape index (κ1) is 18.4. The Hall–Kier alpha value is -0.990. The van der Waals surface area contributed by atoms with Gasteiger partial charge in [-0.1, -0.05) is 37.3 Å². The molecule has 6 nitrogen and oxygen atoms in total. The summed E-state index contributed by atoms with van der Waals surface area (Å²) in [7, 11) is -3.42. The van der Waals surface area contributed by atoms with Gasteiger partial charge in [0.15, 0.2) is 0 Å². The standard InChI is InChI=1S/C16H28N4O2S/c1-2-20(15-16-7-4-3-5-8-16)23(21,22)18-9-6-12-19-13-10-17-11-14-19/h3-5,7-8,17-18H,2,6,9-15H2,1H3. The molecule has 0 saturated carbocycles. The van der Waals surface area contributed by atoms with Gasteiger partial charge in [0.1, 0.15) is 0 Å². The molecule has 7 heteroatoms. The third-order valence-electron chi connectivity index (χ3n) is 4.04. The fraction of sp³-hybridized carbons (Fsp3) is 0.625. The molecule has 0 aromatic heterocycles. The average Bonchev–Trinajstić information content (AvgIpc) is 2.58. The van der Waals surface area contributed by atoms with Gasteiger partial charge >= 0.3 is 0 Å². The molecule has 0 radical (unpaired) electrons. The number of hydrogen-bond donors (Lipinski definition) is 2. The molecule has 1 saturated heterocycles. The normalized spacial score (nSPS) is 16.8. The van der Waals surface area contributed by atoms with Gasteiger partial charge < -0.3 is 10.2 Å². The second kappa shape index (κ2) is 9.34. The van der Waals surface area contributed by atoms with Crippen LogP contribution in [0.15, 0.2) is 30.3 Å². The van der Waals surface area contributed by atoms with Crippen molar-refractivity contribution in [2.75, 3.05) is 45.8 Å². The monoisotopic (exact) mass is 340 g/mol. The Bertz CT molecular complexity index is 544. The number of piperazine rings is 1. The van der Waals surface area contributed by atoms with Crippen LogP contribution in [0.5, 0.6) is 0 Å². The van der Waals surface area contributed by atoms with E-state index in [1.807, 2.05) is 37.3 Å². The van der Waals surface area contributed by atoms with Crippen LogP contribution < -0.4 is 10.0 Å². The predicted octanol–water partition coefficient (Wildman–Crippen LogP) is 0.638. The molecule has 2 N–H and O–H groups in total. The molecule has 1 heterocycles. The molecule has 1 fully saturated rings. The summed E-state index contributed by atoms with van der Waals surface area (Å²) in [6.45, 7) is 8.28. The molecule has 23 heavy (non-hydrogen) atoms. The van der Waals surface area contributed by atoms with Gasteiger partial charge in [-0.25, -0.2) is 4.72 Å². The van der Waals surface area contributed by atoms with Crippen LogP contribution in [0.3, 0.4) is 0 Å². The van der Waals surface area contributed by atoms with E-state index in [0.717, 1.165) is 44.7 Å². The lowest BCUT2D eigenvalue weighted by Gasteiger charge is -2.27. The maximum Gasteiger partial charge on any atom is 0.279 e. The number of nitrogens with one attached hydrogen (secondary N) is 2. The molecule has 0 unspecified atom stereocenters. The Morgan fingerprint density at radius 3 is 2.57 bits per heavy atom. The molecule has 1 aromatic carbocycles. The van der Waals surface area contributed by atoms with E-state index >= 15 is 0 Å². The highest BCUT2D eigenvalue weighted by Gasteiger charge is 2.20. The fourth-order valence-corrected chi connectivity index (χ4v) is 3.93. The molecule has 0 bridgehead atoms. The quantitative estimate of drug-likeness (QED) is 0.648. The maximum atomic E-state index is 12.4. The molecule has 130 valence electrons. The molecule has 0 spiro atoms. The smallest absolute Gasteiger partial charge is 0.279 e. The summed E-state index contributed by atoms with van der Waals surface area (Å²) >= 11 is 0. The largest absolute Gasteiger partial charge is 0.314 e. The third-order valence-corrected chi connectivity index (χ3v) is 5.68. The van der Waals surface area contributed by atoms with E-state index in [9.17, 15) is 8.42 Å². The van der Waals surface area contributed by atoms with Gasteiger partial charge in [-0.05, 0) is 18.5 Å². The Kier molecular flexibility index (Phi) is 7.45. The van der Waals surface area contributed by atoms with Gasteiger partial charge in [0, 0.05) is 45.8 Å². The Morgan fingerprint density at radius 2 is 1.91 bits per heavy atom. The number of hydrogen-bond acceptors (Lipinski definition) is 4. The molecule has 0 aliphatic carbocycles. The molecule has 1 aliphatic rings. The van der Waals surface area contributed by atoms with Gasteiger partial charge in [-0.3, -0.25) is 0 Å². The highest BCUT2D eigenvalue weighted by molar-refractivity contribution is 7.87. The fourth-order valence-electron chi connectivity index (χ4n) is 2.68. The van der Waals surface area contributed by atoms with Gasteiger partial charge in [0.05, 0.1) is 0 Å². The summed E-state index contributed by atoms with van der Waals surface area (Å²) in [6.07, 6.45) is 0.835. The van der Waals surface area contributed by atoms with E-state index in [1.54, 1.807) is 0 Å². The minimum absolute atomic E-state index is 0.407. The van der Waals surface area contributed by atoms with Crippen molar-refractivity contribution in [2.45, 2.75) is 19.9 Å². The van der Waals surface area contributed by atoms with Gasteiger partial charge in [-0.15, -0.1) is 0 Å². The number of rotatable bonds is 9. The summed E-state index contributed by atoms with van der Waals surface area (Å²) in [5, 5.41) is 3.32. The van der Waals surface area contributed by atoms with E-state index in [4.69, 9.17) is 0 Å². The second-order valence-corrected chi connectivity index (χ2v) is 7.51. The van der Waals surface area contributed by atoms with Crippen LogP contribution >= 0.6 is 0 Å². The van der Waals surface area contributed by atoms with Crippen molar-refractivity contribution in [2.24, 2.45) is 0 Å². The summed E-state index contributed by atoms with van der Waals surface area (Å²) in [5.41, 5.74) is 1.00. The molecular weight excluding hydrogens is 312 g/mol. The number of benzene rings is 1. The minimum Gasteiger partial charge on any atom is -0.314 e. The zero-order valence-electron chi connectivity index (χ0n) is 13.9. The van der Waals surface area contributed by atoms with E-state index in [1.165, 1.54) is 4.31 Å². The molecule has 1 aromatic rings. The zero-order chi connectivity index (χ0) is 16.5. The first-order valence-electron chi connectivity index (χ1n) is 8.33. The minimum atomic E-state index is -3.42. The zero-order valence-corrected chi connectivity index (χ0v) is 14.7. The van der Waals surface area contributed by atoms with Crippen LogP contribution in [0, 0.1) is 0 Å². The Balaban J connectivity index is 1.77. The summed E-state index contributed by atoms with van der Waals surface area (Å²) in [6, 6.07) is 9.68. The first-order valence-corrected chi connectivity index (χ1v) is 9.77. The summed E-state index contributed by atoms with van der Waals surface area (Å²) in [5.74, 6) is 0. The van der Waals surface area contributed by atoms with Gasteiger partial charge in [0.25, 0.3) is 10.2 Å². The first-order chi connectivity index (χ1) is 11.1. The third kappa shape index (κ3) is 6.19. The topological polar surface area (TPSA) is 64.7 Å². The maximum absolute atomic E-state index is 12.4.